The highest BCUT2D eigenvalue weighted by molar-refractivity contribution is 7.85. The van der Waals surface area contributed by atoms with Gasteiger partial charge in [-0.3, -0.25) is 4.55 Å². The van der Waals surface area contributed by atoms with Crippen LogP contribution in [0.25, 0.3) is 0 Å². The quantitative estimate of drug-likeness (QED) is 0.138. The van der Waals surface area contributed by atoms with Gasteiger partial charge in [0.2, 0.25) is 0 Å². The van der Waals surface area contributed by atoms with Gasteiger partial charge >= 0.3 is 0 Å². The van der Waals surface area contributed by atoms with Gasteiger partial charge in [-0.05, 0) is 6.42 Å². The van der Waals surface area contributed by atoms with Crippen molar-refractivity contribution in [2.24, 2.45) is 0 Å². The van der Waals surface area contributed by atoms with Crippen molar-refractivity contribution in [3.8, 4) is 0 Å². The molecular formula is C23H49NO4S. The van der Waals surface area contributed by atoms with Gasteiger partial charge in [0.1, 0.15) is 0 Å². The highest BCUT2D eigenvalue weighted by Gasteiger charge is 2.06. The van der Waals surface area contributed by atoms with Gasteiger partial charge in [-0.15, -0.1) is 0 Å². The summed E-state index contributed by atoms with van der Waals surface area (Å²) in [6.07, 6.45) is 23.2. The van der Waals surface area contributed by atoms with Crippen molar-refractivity contribution < 1.29 is 18.1 Å². The molecule has 0 aromatic rings. The predicted octanol–water partition coefficient (Wildman–Crippen LogP) is 5.87. The summed E-state index contributed by atoms with van der Waals surface area (Å²) in [5.74, 6) is -0.307. The Kier molecular flexibility index (Phi) is 21.0. The Bertz CT molecular complexity index is 429. The van der Waals surface area contributed by atoms with Crippen LogP contribution in [-0.2, 0) is 10.1 Å². The van der Waals surface area contributed by atoms with E-state index in [2.05, 4.69) is 12.2 Å². The van der Waals surface area contributed by atoms with E-state index in [-0.39, 0.29) is 12.3 Å². The van der Waals surface area contributed by atoms with Crippen molar-refractivity contribution in [2.45, 2.75) is 129 Å². The Morgan fingerprint density at radius 3 is 1.45 bits per heavy atom. The zero-order chi connectivity index (χ0) is 21.6. The molecule has 0 spiro atoms. The second-order valence-electron chi connectivity index (χ2n) is 8.59. The van der Waals surface area contributed by atoms with Crippen LogP contribution in [0, 0.1) is 0 Å². The summed E-state index contributed by atoms with van der Waals surface area (Å²) in [6, 6.07) is 0. The van der Waals surface area contributed by atoms with Crippen molar-refractivity contribution in [1.29, 1.82) is 0 Å². The molecule has 0 saturated carbocycles. The van der Waals surface area contributed by atoms with Gasteiger partial charge in [-0.25, -0.2) is 0 Å². The molecule has 29 heavy (non-hydrogen) atoms. The lowest BCUT2D eigenvalue weighted by Crippen LogP contribution is -2.30. The summed E-state index contributed by atoms with van der Waals surface area (Å²) in [7, 11) is -3.91. The van der Waals surface area contributed by atoms with E-state index >= 15 is 0 Å². The zero-order valence-electron chi connectivity index (χ0n) is 19.0. The van der Waals surface area contributed by atoms with Crippen molar-refractivity contribution in [2.75, 3.05) is 18.8 Å². The third-order valence-corrected chi connectivity index (χ3v) is 6.28. The largest absolute Gasteiger partial charge is 0.392 e. The Balaban J connectivity index is 3.16. The SMILES string of the molecule is CCCCCCCCCCCCCCCCCCCC(O)CNCCS(=O)(=O)O. The molecule has 5 nitrogen and oxygen atoms in total. The van der Waals surface area contributed by atoms with E-state index in [1.165, 1.54) is 96.3 Å². The van der Waals surface area contributed by atoms with E-state index < -0.39 is 16.2 Å². The van der Waals surface area contributed by atoms with E-state index in [1.54, 1.807) is 0 Å². The van der Waals surface area contributed by atoms with Crippen LogP contribution >= 0.6 is 0 Å². The first-order chi connectivity index (χ1) is 14.0. The van der Waals surface area contributed by atoms with E-state index in [1.807, 2.05) is 0 Å². The van der Waals surface area contributed by atoms with Gasteiger partial charge in [-0.2, -0.15) is 8.42 Å². The van der Waals surface area contributed by atoms with Crippen LogP contribution in [0.4, 0.5) is 0 Å². The lowest BCUT2D eigenvalue weighted by atomic mass is 10.0. The van der Waals surface area contributed by atoms with Crippen molar-refractivity contribution >= 4 is 10.1 Å². The van der Waals surface area contributed by atoms with Crippen molar-refractivity contribution in [3.05, 3.63) is 0 Å². The molecule has 3 N–H and O–H groups in total. The number of unbranched alkanes of at least 4 members (excludes halogenated alkanes) is 16. The molecule has 1 unspecified atom stereocenters. The van der Waals surface area contributed by atoms with Gasteiger partial charge < -0.3 is 10.4 Å². The fourth-order valence-corrected chi connectivity index (χ4v) is 4.08. The summed E-state index contributed by atoms with van der Waals surface area (Å²) >= 11 is 0. The fraction of sp³-hybridized carbons (Fsp3) is 1.00. The number of rotatable bonds is 23. The predicted molar refractivity (Wildman–Crippen MR) is 124 cm³/mol. The van der Waals surface area contributed by atoms with Crippen LogP contribution < -0.4 is 5.32 Å². The maximum atomic E-state index is 10.6. The molecule has 0 radical (unpaired) electrons. The number of aliphatic hydroxyl groups is 1. The Hall–Kier alpha value is -0.170. The highest BCUT2D eigenvalue weighted by atomic mass is 32.2. The maximum absolute atomic E-state index is 10.6. The second-order valence-corrected chi connectivity index (χ2v) is 10.2. The van der Waals surface area contributed by atoms with E-state index in [0.29, 0.717) is 6.54 Å². The number of hydrogen-bond donors (Lipinski definition) is 3. The summed E-state index contributed by atoms with van der Waals surface area (Å²) in [5, 5.41) is 12.7. The van der Waals surface area contributed by atoms with Crippen LogP contribution in [0.3, 0.4) is 0 Å². The van der Waals surface area contributed by atoms with Crippen molar-refractivity contribution in [3.63, 3.8) is 0 Å². The molecule has 6 heteroatoms. The number of nitrogens with one attached hydrogen (secondary N) is 1. The monoisotopic (exact) mass is 435 g/mol. The van der Waals surface area contributed by atoms with Crippen LogP contribution in [0.1, 0.15) is 122 Å². The first-order valence-corrected chi connectivity index (χ1v) is 13.9. The van der Waals surface area contributed by atoms with Crippen LogP contribution in [0.2, 0.25) is 0 Å². The van der Waals surface area contributed by atoms with E-state index in [4.69, 9.17) is 4.55 Å². The minimum Gasteiger partial charge on any atom is -0.392 e. The average molecular weight is 436 g/mol. The molecule has 1 atom stereocenters. The molecule has 0 bridgehead atoms. The summed E-state index contributed by atoms with van der Waals surface area (Å²) in [4.78, 5) is 0. The normalized spacial score (nSPS) is 13.1. The highest BCUT2D eigenvalue weighted by Crippen LogP contribution is 2.14. The van der Waals surface area contributed by atoms with Gasteiger partial charge in [0.25, 0.3) is 10.1 Å². The molecular weight excluding hydrogens is 386 g/mol. The lowest BCUT2D eigenvalue weighted by molar-refractivity contribution is 0.158. The van der Waals surface area contributed by atoms with Crippen LogP contribution in [-0.4, -0.2) is 43.0 Å². The minimum absolute atomic E-state index is 0.176. The van der Waals surface area contributed by atoms with Crippen molar-refractivity contribution in [1.82, 2.24) is 5.32 Å². The van der Waals surface area contributed by atoms with Crippen LogP contribution in [0.15, 0.2) is 0 Å². The molecule has 0 amide bonds. The molecule has 176 valence electrons. The smallest absolute Gasteiger partial charge is 0.266 e. The first-order valence-electron chi connectivity index (χ1n) is 12.3. The molecule has 0 aliphatic rings. The molecule has 0 aliphatic heterocycles. The Morgan fingerprint density at radius 1 is 0.690 bits per heavy atom. The van der Waals surface area contributed by atoms with Gasteiger partial charge in [0.15, 0.2) is 0 Å². The molecule has 0 rings (SSSR count). The third kappa shape index (κ3) is 25.8. The van der Waals surface area contributed by atoms with E-state index in [0.717, 1.165) is 19.3 Å². The van der Waals surface area contributed by atoms with E-state index in [9.17, 15) is 13.5 Å². The molecule has 0 aromatic carbocycles. The topological polar surface area (TPSA) is 86.6 Å². The Labute approximate surface area is 181 Å². The van der Waals surface area contributed by atoms with Gasteiger partial charge in [0.05, 0.1) is 11.9 Å². The molecule has 0 fully saturated rings. The van der Waals surface area contributed by atoms with Crippen LogP contribution in [0.5, 0.6) is 0 Å². The first kappa shape index (κ1) is 28.8. The minimum atomic E-state index is -3.91. The lowest BCUT2D eigenvalue weighted by Gasteiger charge is -2.11. The molecule has 0 aromatic heterocycles. The summed E-state index contributed by atoms with van der Waals surface area (Å²) < 4.78 is 29.8. The average Bonchev–Trinajstić information content (AvgIpc) is 2.67. The van der Waals surface area contributed by atoms with Gasteiger partial charge in [0, 0.05) is 13.1 Å². The second kappa shape index (κ2) is 21.1. The van der Waals surface area contributed by atoms with Gasteiger partial charge in [-0.1, -0.05) is 116 Å². The fourth-order valence-electron chi connectivity index (χ4n) is 3.68. The molecule has 0 aliphatic carbocycles. The summed E-state index contributed by atoms with van der Waals surface area (Å²) in [6.45, 7) is 2.83. The summed E-state index contributed by atoms with van der Waals surface area (Å²) in [5.41, 5.74) is 0. The molecule has 0 heterocycles. The standard InChI is InChI=1S/C23H49NO4S/c1-2-3-4-5-6-7-8-9-10-11-12-13-14-15-16-17-18-19-23(25)22-24-20-21-29(26,27)28/h23-25H,2-22H2,1H3,(H,26,27,28). The maximum Gasteiger partial charge on any atom is 0.266 e. The number of aliphatic hydroxyl groups excluding tert-OH is 1. The Morgan fingerprint density at radius 2 is 1.07 bits per heavy atom. The zero-order valence-corrected chi connectivity index (χ0v) is 19.9. The number of hydrogen-bond acceptors (Lipinski definition) is 4. The molecule has 0 saturated heterocycles. The third-order valence-electron chi connectivity index (χ3n) is 5.56.